The molecule has 0 heterocycles. The van der Waals surface area contributed by atoms with E-state index in [1.807, 2.05) is 6.92 Å². The second-order valence-electron chi connectivity index (χ2n) is 6.88. The molecule has 0 saturated heterocycles. The predicted octanol–water partition coefficient (Wildman–Crippen LogP) is -0.259. The van der Waals surface area contributed by atoms with Crippen molar-refractivity contribution in [2.24, 2.45) is 0 Å². The summed E-state index contributed by atoms with van der Waals surface area (Å²) in [5, 5.41) is 5.54. The number of carbonyl (C=O) groups is 2. The summed E-state index contributed by atoms with van der Waals surface area (Å²) in [6, 6.07) is 5.33. The van der Waals surface area contributed by atoms with Gasteiger partial charge in [0.2, 0.25) is 10.0 Å². The van der Waals surface area contributed by atoms with Crippen LogP contribution in [0.1, 0.15) is 34.1 Å². The smallest absolute Gasteiger partial charge is 0.282 e. The highest BCUT2D eigenvalue weighted by Crippen LogP contribution is 2.14. The number of quaternary nitrogens is 1. The minimum Gasteiger partial charge on any atom is -0.351 e. The van der Waals surface area contributed by atoms with Crippen LogP contribution in [0.5, 0.6) is 0 Å². The average molecular weight is 400 g/mol. The molecule has 27 heavy (non-hydrogen) atoms. The molecule has 1 rings (SSSR count). The lowest BCUT2D eigenvalue weighted by Crippen LogP contribution is -3.15. The number of benzene rings is 1. The van der Waals surface area contributed by atoms with Crippen molar-refractivity contribution in [3.05, 3.63) is 24.3 Å². The van der Waals surface area contributed by atoms with Gasteiger partial charge in [0.1, 0.15) is 0 Å². The zero-order valence-corrected chi connectivity index (χ0v) is 17.4. The first kappa shape index (κ1) is 23.1. The van der Waals surface area contributed by atoms with E-state index in [4.69, 9.17) is 0 Å². The van der Waals surface area contributed by atoms with Crippen molar-refractivity contribution in [1.29, 1.82) is 0 Å². The van der Waals surface area contributed by atoms with E-state index < -0.39 is 16.1 Å². The quantitative estimate of drug-likeness (QED) is 0.435. The van der Waals surface area contributed by atoms with E-state index in [-0.39, 0.29) is 29.3 Å². The highest BCUT2D eigenvalue weighted by atomic mass is 32.2. The Morgan fingerprint density at radius 1 is 1.11 bits per heavy atom. The summed E-state index contributed by atoms with van der Waals surface area (Å²) in [5.74, 6) is -0.340. The molecule has 0 fully saturated rings. The van der Waals surface area contributed by atoms with Gasteiger partial charge >= 0.3 is 0 Å². The van der Waals surface area contributed by atoms with Gasteiger partial charge in [0.05, 0.1) is 11.9 Å². The minimum absolute atomic E-state index is 0.0961. The van der Waals surface area contributed by atoms with Crippen LogP contribution in [0.3, 0.4) is 0 Å². The van der Waals surface area contributed by atoms with Crippen LogP contribution in [0.25, 0.3) is 0 Å². The zero-order valence-electron chi connectivity index (χ0n) is 16.6. The second-order valence-corrected chi connectivity index (χ2v) is 8.60. The number of likely N-dealkylation sites (N-methyl/N-ethyl adjacent to an activating group) is 1. The number of hydrogen-bond donors (Lipinski definition) is 4. The van der Waals surface area contributed by atoms with Crippen molar-refractivity contribution >= 4 is 27.5 Å². The molecule has 1 aromatic rings. The fourth-order valence-corrected chi connectivity index (χ4v) is 3.55. The van der Waals surface area contributed by atoms with Crippen LogP contribution in [0.15, 0.2) is 29.2 Å². The number of hydrogen-bond acceptors (Lipinski definition) is 4. The van der Waals surface area contributed by atoms with Crippen molar-refractivity contribution in [3.63, 3.8) is 0 Å². The Kier molecular flexibility index (Phi) is 8.87. The summed E-state index contributed by atoms with van der Waals surface area (Å²) < 4.78 is 26.7. The maximum atomic E-state index is 12.4. The molecule has 0 spiro atoms. The van der Waals surface area contributed by atoms with Crippen molar-refractivity contribution in [2.45, 2.75) is 51.1 Å². The molecule has 0 radical (unpaired) electrons. The Morgan fingerprint density at radius 3 is 2.22 bits per heavy atom. The monoisotopic (exact) mass is 399 g/mol. The number of amides is 2. The summed E-state index contributed by atoms with van der Waals surface area (Å²) in [4.78, 5) is 25.1. The molecule has 2 amide bonds. The van der Waals surface area contributed by atoms with Gasteiger partial charge < -0.3 is 15.5 Å². The van der Waals surface area contributed by atoms with E-state index in [2.05, 4.69) is 15.4 Å². The van der Waals surface area contributed by atoms with Crippen molar-refractivity contribution in [1.82, 2.24) is 10.0 Å². The van der Waals surface area contributed by atoms with Crippen LogP contribution in [-0.4, -0.2) is 52.5 Å². The van der Waals surface area contributed by atoms with Gasteiger partial charge in [-0.05, 0) is 51.5 Å². The molecule has 0 aliphatic heterocycles. The third-order valence-electron chi connectivity index (χ3n) is 3.97. The number of rotatable bonds is 10. The van der Waals surface area contributed by atoms with Gasteiger partial charge in [0.25, 0.3) is 11.8 Å². The largest absolute Gasteiger partial charge is 0.351 e. The molecule has 0 bridgehead atoms. The van der Waals surface area contributed by atoms with E-state index in [0.717, 1.165) is 11.3 Å². The highest BCUT2D eigenvalue weighted by Gasteiger charge is 2.24. The predicted molar refractivity (Wildman–Crippen MR) is 105 cm³/mol. The molecule has 0 aliphatic carbocycles. The van der Waals surface area contributed by atoms with Crippen LogP contribution in [-0.2, 0) is 19.6 Å². The van der Waals surface area contributed by atoms with Gasteiger partial charge in [-0.2, -0.15) is 0 Å². The van der Waals surface area contributed by atoms with Gasteiger partial charge in [0.15, 0.2) is 12.6 Å². The third-order valence-corrected chi connectivity index (χ3v) is 5.64. The molecule has 1 aromatic carbocycles. The molecule has 0 aliphatic rings. The van der Waals surface area contributed by atoms with Crippen LogP contribution in [0, 0.1) is 0 Å². The number of anilines is 1. The molecule has 4 N–H and O–H groups in total. The molecule has 0 saturated carbocycles. The van der Waals surface area contributed by atoms with Gasteiger partial charge in [-0.15, -0.1) is 0 Å². The van der Waals surface area contributed by atoms with Crippen molar-refractivity contribution in [3.8, 4) is 0 Å². The molecule has 0 aromatic heterocycles. The first-order chi connectivity index (χ1) is 12.6. The molecule has 8 nitrogen and oxygen atoms in total. The SMILES string of the molecule is CCCNC(=O)C[NH+](C)[C@@H](C)C(=O)Nc1ccc(S(=O)(=O)NC(C)C)cc1. The second kappa shape index (κ2) is 10.4. The maximum Gasteiger partial charge on any atom is 0.282 e. The highest BCUT2D eigenvalue weighted by molar-refractivity contribution is 7.89. The first-order valence-corrected chi connectivity index (χ1v) is 10.6. The van der Waals surface area contributed by atoms with Crippen LogP contribution >= 0.6 is 0 Å². The van der Waals surface area contributed by atoms with Crippen molar-refractivity contribution in [2.75, 3.05) is 25.5 Å². The standard InChI is InChI=1S/C18H30N4O4S/c1-6-11-19-17(23)12-22(5)14(4)18(24)20-15-7-9-16(10-8-15)27(25,26)21-13(2)3/h7-10,13-14,21H,6,11-12H2,1-5H3,(H,19,23)(H,20,24)/p+1/t14-/m0/s1. The van der Waals surface area contributed by atoms with Gasteiger partial charge in [-0.25, -0.2) is 13.1 Å². The van der Waals surface area contributed by atoms with Crippen LogP contribution in [0.4, 0.5) is 5.69 Å². The topological polar surface area (TPSA) is 109 Å². The first-order valence-electron chi connectivity index (χ1n) is 9.09. The lowest BCUT2D eigenvalue weighted by Gasteiger charge is -2.20. The fraction of sp³-hybridized carbons (Fsp3) is 0.556. The molecule has 9 heteroatoms. The average Bonchev–Trinajstić information content (AvgIpc) is 2.58. The Bertz CT molecular complexity index is 732. The number of sulfonamides is 1. The zero-order chi connectivity index (χ0) is 20.6. The van der Waals surface area contributed by atoms with Gasteiger partial charge in [0, 0.05) is 18.3 Å². The number of nitrogens with one attached hydrogen (secondary N) is 4. The molecular weight excluding hydrogens is 368 g/mol. The lowest BCUT2D eigenvalue weighted by atomic mass is 10.2. The number of carbonyl (C=O) groups excluding carboxylic acids is 2. The fourth-order valence-electron chi connectivity index (χ4n) is 2.30. The third kappa shape index (κ3) is 7.66. The lowest BCUT2D eigenvalue weighted by molar-refractivity contribution is -0.885. The van der Waals surface area contributed by atoms with E-state index >= 15 is 0 Å². The Hall–Kier alpha value is -1.97. The summed E-state index contributed by atoms with van der Waals surface area (Å²) in [6.07, 6.45) is 0.860. The van der Waals surface area contributed by atoms with E-state index in [1.54, 1.807) is 40.0 Å². The molecule has 2 atom stereocenters. The molecular formula is C18H31N4O4S+. The van der Waals surface area contributed by atoms with Gasteiger partial charge in [-0.3, -0.25) is 9.59 Å². The minimum atomic E-state index is -3.57. The Labute approximate surface area is 161 Å². The van der Waals surface area contributed by atoms with Crippen molar-refractivity contribution < 1.29 is 22.9 Å². The maximum absolute atomic E-state index is 12.4. The van der Waals surface area contributed by atoms with E-state index in [9.17, 15) is 18.0 Å². The normalized spacial score (nSPS) is 13.9. The summed E-state index contributed by atoms with van der Waals surface area (Å²) >= 11 is 0. The Balaban J connectivity index is 2.67. The van der Waals surface area contributed by atoms with E-state index in [1.165, 1.54) is 12.1 Å². The molecule has 152 valence electrons. The van der Waals surface area contributed by atoms with Crippen LogP contribution < -0.4 is 20.3 Å². The van der Waals surface area contributed by atoms with E-state index in [0.29, 0.717) is 12.2 Å². The van der Waals surface area contributed by atoms with Crippen LogP contribution in [0.2, 0.25) is 0 Å². The molecule has 1 unspecified atom stereocenters. The Morgan fingerprint density at radius 2 is 1.70 bits per heavy atom. The summed E-state index contributed by atoms with van der Waals surface area (Å²) in [5.41, 5.74) is 0.499. The summed E-state index contributed by atoms with van der Waals surface area (Å²) in [6.45, 7) is 8.02. The van der Waals surface area contributed by atoms with Gasteiger partial charge in [-0.1, -0.05) is 6.92 Å². The summed E-state index contributed by atoms with van der Waals surface area (Å²) in [7, 11) is -1.79.